The molecule has 4 nitrogen and oxygen atoms in total. The van der Waals surface area contributed by atoms with E-state index in [4.69, 9.17) is 4.74 Å². The maximum absolute atomic E-state index is 12.2. The lowest BCUT2D eigenvalue weighted by atomic mass is 9.95. The van der Waals surface area contributed by atoms with Crippen LogP contribution in [0.4, 0.5) is 0 Å². The second kappa shape index (κ2) is 5.25. The van der Waals surface area contributed by atoms with Gasteiger partial charge in [0, 0.05) is 25.3 Å². The van der Waals surface area contributed by atoms with Crippen molar-refractivity contribution in [2.75, 3.05) is 13.2 Å². The van der Waals surface area contributed by atoms with Gasteiger partial charge in [0.1, 0.15) is 5.69 Å². The Kier molecular flexibility index (Phi) is 3.72. The quantitative estimate of drug-likeness (QED) is 0.731. The highest BCUT2D eigenvalue weighted by molar-refractivity contribution is 5.96. The van der Waals surface area contributed by atoms with Crippen molar-refractivity contribution in [2.45, 2.75) is 32.7 Å². The summed E-state index contributed by atoms with van der Waals surface area (Å²) in [7, 11) is 0. The van der Waals surface area contributed by atoms with Crippen LogP contribution in [-0.2, 0) is 11.3 Å². The number of hydrogen-bond donors (Lipinski definition) is 0. The zero-order valence-corrected chi connectivity index (χ0v) is 9.69. The van der Waals surface area contributed by atoms with E-state index in [-0.39, 0.29) is 11.7 Å². The molecular weight excluding hydrogens is 204 g/mol. The van der Waals surface area contributed by atoms with E-state index in [1.54, 1.807) is 10.9 Å². The van der Waals surface area contributed by atoms with E-state index < -0.39 is 0 Å². The fourth-order valence-electron chi connectivity index (χ4n) is 2.09. The van der Waals surface area contributed by atoms with E-state index in [2.05, 4.69) is 12.0 Å². The second-order valence-electron chi connectivity index (χ2n) is 4.22. The van der Waals surface area contributed by atoms with Crippen molar-refractivity contribution >= 4 is 5.78 Å². The van der Waals surface area contributed by atoms with Gasteiger partial charge in [-0.2, -0.15) is 5.10 Å². The number of ether oxygens (including phenoxy) is 1. The first-order valence-corrected chi connectivity index (χ1v) is 5.96. The van der Waals surface area contributed by atoms with Crippen LogP contribution in [0.3, 0.4) is 0 Å². The minimum Gasteiger partial charge on any atom is -0.381 e. The van der Waals surface area contributed by atoms with Gasteiger partial charge < -0.3 is 4.74 Å². The summed E-state index contributed by atoms with van der Waals surface area (Å²) in [6, 6.07) is 1.81. The number of nitrogens with zero attached hydrogens (tertiary/aromatic N) is 2. The van der Waals surface area contributed by atoms with Crippen LogP contribution >= 0.6 is 0 Å². The maximum Gasteiger partial charge on any atom is 0.186 e. The molecule has 1 aliphatic rings. The summed E-state index contributed by atoms with van der Waals surface area (Å²) in [5, 5.41) is 4.18. The summed E-state index contributed by atoms with van der Waals surface area (Å²) < 4.78 is 7.15. The van der Waals surface area contributed by atoms with E-state index >= 15 is 0 Å². The van der Waals surface area contributed by atoms with E-state index in [1.807, 2.05) is 6.07 Å². The fraction of sp³-hybridized carbons (Fsp3) is 0.667. The molecule has 1 aliphatic heterocycles. The zero-order valence-electron chi connectivity index (χ0n) is 9.69. The van der Waals surface area contributed by atoms with Crippen molar-refractivity contribution in [3.63, 3.8) is 0 Å². The number of ketones is 1. The van der Waals surface area contributed by atoms with Gasteiger partial charge in [-0.3, -0.25) is 9.48 Å². The van der Waals surface area contributed by atoms with E-state index in [0.717, 1.165) is 38.1 Å². The van der Waals surface area contributed by atoms with Gasteiger partial charge in [0.2, 0.25) is 0 Å². The predicted molar refractivity (Wildman–Crippen MR) is 60.4 cm³/mol. The lowest BCUT2D eigenvalue weighted by Crippen LogP contribution is -2.27. The zero-order chi connectivity index (χ0) is 11.4. The third-order valence-corrected chi connectivity index (χ3v) is 2.94. The summed E-state index contributed by atoms with van der Waals surface area (Å²) in [4.78, 5) is 12.2. The molecular formula is C12H18N2O2. The highest BCUT2D eigenvalue weighted by Gasteiger charge is 2.25. The summed E-state index contributed by atoms with van der Waals surface area (Å²) >= 11 is 0. The lowest BCUT2D eigenvalue weighted by molar-refractivity contribution is 0.0454. The van der Waals surface area contributed by atoms with Gasteiger partial charge in [-0.1, -0.05) is 6.92 Å². The van der Waals surface area contributed by atoms with Gasteiger partial charge in [0.05, 0.1) is 6.61 Å². The average molecular weight is 222 g/mol. The summed E-state index contributed by atoms with van der Waals surface area (Å²) in [6.07, 6.45) is 4.62. The van der Waals surface area contributed by atoms with Gasteiger partial charge in [0.15, 0.2) is 5.78 Å². The molecule has 16 heavy (non-hydrogen) atoms. The van der Waals surface area contributed by atoms with Gasteiger partial charge in [-0.05, 0) is 25.3 Å². The topological polar surface area (TPSA) is 44.1 Å². The van der Waals surface area contributed by atoms with Crippen molar-refractivity contribution in [3.05, 3.63) is 18.0 Å². The molecule has 1 unspecified atom stereocenters. The number of Topliss-reactive ketones (excluding diaryl/α,β-unsaturated/α-hetero) is 1. The van der Waals surface area contributed by atoms with Crippen LogP contribution in [0.25, 0.3) is 0 Å². The van der Waals surface area contributed by atoms with Crippen molar-refractivity contribution in [1.82, 2.24) is 9.78 Å². The van der Waals surface area contributed by atoms with Crippen LogP contribution in [-0.4, -0.2) is 28.8 Å². The molecule has 0 radical (unpaired) electrons. The van der Waals surface area contributed by atoms with Gasteiger partial charge >= 0.3 is 0 Å². The van der Waals surface area contributed by atoms with Crippen LogP contribution < -0.4 is 0 Å². The molecule has 2 heterocycles. The molecule has 1 fully saturated rings. The standard InChI is InChI=1S/C12H18N2O2/c1-2-7-14-11(5-6-13-14)12(15)10-4-3-8-16-9-10/h5-6,10H,2-4,7-9H2,1H3. The molecule has 0 bridgehead atoms. The molecule has 0 aromatic carbocycles. The van der Waals surface area contributed by atoms with Gasteiger partial charge in [0.25, 0.3) is 0 Å². The highest BCUT2D eigenvalue weighted by Crippen LogP contribution is 2.18. The molecule has 0 aliphatic carbocycles. The van der Waals surface area contributed by atoms with E-state index in [1.165, 1.54) is 0 Å². The first kappa shape index (κ1) is 11.3. The van der Waals surface area contributed by atoms with Crippen LogP contribution in [0.1, 0.15) is 36.7 Å². The van der Waals surface area contributed by atoms with Gasteiger partial charge in [-0.15, -0.1) is 0 Å². The average Bonchev–Trinajstić information content (AvgIpc) is 2.78. The van der Waals surface area contributed by atoms with E-state index in [0.29, 0.717) is 6.61 Å². The molecule has 0 N–H and O–H groups in total. The van der Waals surface area contributed by atoms with Crippen molar-refractivity contribution in [3.8, 4) is 0 Å². The largest absolute Gasteiger partial charge is 0.381 e. The molecule has 4 heteroatoms. The number of aromatic nitrogens is 2. The molecule has 0 saturated carbocycles. The Labute approximate surface area is 95.6 Å². The molecule has 2 rings (SSSR count). The number of carbonyl (C=O) groups is 1. The van der Waals surface area contributed by atoms with Crippen molar-refractivity contribution < 1.29 is 9.53 Å². The molecule has 0 amide bonds. The Bertz CT molecular complexity index is 354. The third kappa shape index (κ3) is 2.32. The molecule has 1 atom stereocenters. The minimum atomic E-state index is 0.0288. The van der Waals surface area contributed by atoms with Crippen LogP contribution in [0.15, 0.2) is 12.3 Å². The number of aryl methyl sites for hydroxylation is 1. The molecule has 1 aromatic heterocycles. The molecule has 88 valence electrons. The third-order valence-electron chi connectivity index (χ3n) is 2.94. The van der Waals surface area contributed by atoms with Crippen LogP contribution in [0.5, 0.6) is 0 Å². The Hall–Kier alpha value is -1.16. The fourth-order valence-corrected chi connectivity index (χ4v) is 2.09. The number of rotatable bonds is 4. The second-order valence-corrected chi connectivity index (χ2v) is 4.22. The Morgan fingerprint density at radius 2 is 2.56 bits per heavy atom. The van der Waals surface area contributed by atoms with Crippen molar-refractivity contribution in [2.24, 2.45) is 5.92 Å². The first-order chi connectivity index (χ1) is 7.83. The number of hydrogen-bond acceptors (Lipinski definition) is 3. The minimum absolute atomic E-state index is 0.0288. The van der Waals surface area contributed by atoms with Crippen LogP contribution in [0.2, 0.25) is 0 Å². The van der Waals surface area contributed by atoms with Gasteiger partial charge in [-0.25, -0.2) is 0 Å². The summed E-state index contributed by atoms with van der Waals surface area (Å²) in [5.74, 6) is 0.215. The van der Waals surface area contributed by atoms with Crippen LogP contribution in [0, 0.1) is 5.92 Å². The summed E-state index contributed by atoms with van der Waals surface area (Å²) in [5.41, 5.74) is 0.734. The smallest absolute Gasteiger partial charge is 0.186 e. The Morgan fingerprint density at radius 1 is 1.69 bits per heavy atom. The summed E-state index contributed by atoms with van der Waals surface area (Å²) in [6.45, 7) is 4.25. The Balaban J connectivity index is 2.09. The first-order valence-electron chi connectivity index (χ1n) is 5.96. The number of carbonyl (C=O) groups excluding carboxylic acids is 1. The monoisotopic (exact) mass is 222 g/mol. The normalized spacial score (nSPS) is 20.9. The van der Waals surface area contributed by atoms with Crippen molar-refractivity contribution in [1.29, 1.82) is 0 Å². The maximum atomic E-state index is 12.2. The Morgan fingerprint density at radius 3 is 3.25 bits per heavy atom. The molecule has 1 saturated heterocycles. The lowest BCUT2D eigenvalue weighted by Gasteiger charge is -2.21. The van der Waals surface area contributed by atoms with E-state index in [9.17, 15) is 4.79 Å². The molecule has 0 spiro atoms. The highest BCUT2D eigenvalue weighted by atomic mass is 16.5. The predicted octanol–water partition coefficient (Wildman–Crippen LogP) is 1.90. The molecule has 1 aromatic rings. The SMILES string of the molecule is CCCn1nccc1C(=O)C1CCCOC1.